The summed E-state index contributed by atoms with van der Waals surface area (Å²) in [5, 5.41) is 0. The second-order valence-corrected chi connectivity index (χ2v) is 7.94. The fourth-order valence-corrected chi connectivity index (χ4v) is 3.86. The van der Waals surface area contributed by atoms with Gasteiger partial charge in [-0.3, -0.25) is 4.79 Å². The first kappa shape index (κ1) is 19.5. The Morgan fingerprint density at radius 2 is 1.84 bits per heavy atom. The number of oxazole rings is 2. The van der Waals surface area contributed by atoms with Crippen LogP contribution in [0.4, 0.5) is 6.01 Å². The van der Waals surface area contributed by atoms with Crippen molar-refractivity contribution in [3.63, 3.8) is 0 Å². The van der Waals surface area contributed by atoms with Crippen molar-refractivity contribution in [2.45, 2.75) is 33.1 Å². The molecule has 0 radical (unpaired) electrons. The lowest BCUT2D eigenvalue weighted by atomic mass is 10.1. The third-order valence-corrected chi connectivity index (χ3v) is 5.64. The largest absolute Gasteiger partial charge is 0.441 e. The number of nitrogens with zero attached hydrogens (tertiary/aromatic N) is 5. The molecule has 3 aromatic heterocycles. The van der Waals surface area contributed by atoms with Crippen LogP contribution in [0.15, 0.2) is 39.2 Å². The summed E-state index contributed by atoms with van der Waals surface area (Å²) >= 11 is 0. The number of carbonyl (C=O) groups excluding carboxylic acids is 1. The van der Waals surface area contributed by atoms with E-state index in [-0.39, 0.29) is 5.91 Å². The average molecular weight is 419 g/mol. The van der Waals surface area contributed by atoms with E-state index in [4.69, 9.17) is 8.83 Å². The van der Waals surface area contributed by atoms with Gasteiger partial charge >= 0.3 is 0 Å². The summed E-state index contributed by atoms with van der Waals surface area (Å²) in [5.74, 6) is 0.737. The summed E-state index contributed by atoms with van der Waals surface area (Å²) < 4.78 is 11.7. The van der Waals surface area contributed by atoms with Gasteiger partial charge in [0.05, 0.1) is 0 Å². The number of hydrogen-bond acceptors (Lipinski definition) is 7. The van der Waals surface area contributed by atoms with E-state index in [0.29, 0.717) is 54.6 Å². The molecule has 1 aliphatic rings. The maximum absolute atomic E-state index is 13.0. The minimum Gasteiger partial charge on any atom is -0.441 e. The molecule has 1 amide bonds. The first-order chi connectivity index (χ1) is 15.1. The van der Waals surface area contributed by atoms with E-state index in [9.17, 15) is 4.79 Å². The van der Waals surface area contributed by atoms with Crippen molar-refractivity contribution in [3.8, 4) is 0 Å². The predicted octanol–water partition coefficient (Wildman–Crippen LogP) is 3.98. The Morgan fingerprint density at radius 1 is 1.00 bits per heavy atom. The molecular weight excluding hydrogens is 394 g/mol. The summed E-state index contributed by atoms with van der Waals surface area (Å²) in [5.41, 5.74) is 4.30. The van der Waals surface area contributed by atoms with Gasteiger partial charge in [0.15, 0.2) is 17.1 Å². The van der Waals surface area contributed by atoms with Crippen LogP contribution in [0.1, 0.15) is 41.7 Å². The second-order valence-electron chi connectivity index (χ2n) is 7.94. The van der Waals surface area contributed by atoms with Gasteiger partial charge in [-0.15, -0.1) is 0 Å². The SMILES string of the molecule is CCCCc1nc2ccc(C(=O)N3CCN(c4nc5nc(C)ccc5o4)CC3)cc2o1. The highest BCUT2D eigenvalue weighted by atomic mass is 16.4. The first-order valence-corrected chi connectivity index (χ1v) is 10.8. The summed E-state index contributed by atoms with van der Waals surface area (Å²) in [6.07, 6.45) is 2.95. The van der Waals surface area contributed by atoms with E-state index in [1.54, 1.807) is 6.07 Å². The lowest BCUT2D eigenvalue weighted by Crippen LogP contribution is -2.48. The fraction of sp³-hybridized carbons (Fsp3) is 0.391. The van der Waals surface area contributed by atoms with Crippen LogP contribution < -0.4 is 4.90 Å². The number of carbonyl (C=O) groups is 1. The molecular formula is C23H25N5O3. The van der Waals surface area contributed by atoms with Crippen LogP contribution in [0.2, 0.25) is 0 Å². The van der Waals surface area contributed by atoms with Crippen LogP contribution in [0.25, 0.3) is 22.3 Å². The molecule has 0 saturated carbocycles. The summed E-state index contributed by atoms with van der Waals surface area (Å²) in [7, 11) is 0. The van der Waals surface area contributed by atoms with Gasteiger partial charge in [-0.25, -0.2) is 9.97 Å². The third-order valence-electron chi connectivity index (χ3n) is 5.64. The van der Waals surface area contributed by atoms with E-state index >= 15 is 0 Å². The van der Waals surface area contributed by atoms with Crippen LogP contribution >= 0.6 is 0 Å². The Labute approximate surface area is 179 Å². The van der Waals surface area contributed by atoms with Crippen molar-refractivity contribution in [2.24, 2.45) is 0 Å². The van der Waals surface area contributed by atoms with E-state index in [1.807, 2.05) is 36.1 Å². The van der Waals surface area contributed by atoms with E-state index in [2.05, 4.69) is 26.8 Å². The highest BCUT2D eigenvalue weighted by molar-refractivity contribution is 5.97. The molecule has 1 aliphatic heterocycles. The highest BCUT2D eigenvalue weighted by Gasteiger charge is 2.25. The number of fused-ring (bicyclic) bond motifs is 2. The number of unbranched alkanes of at least 4 members (excludes halogenated alkanes) is 1. The summed E-state index contributed by atoms with van der Waals surface area (Å²) in [6, 6.07) is 9.86. The van der Waals surface area contributed by atoms with Crippen molar-refractivity contribution in [3.05, 3.63) is 47.5 Å². The molecule has 160 valence electrons. The van der Waals surface area contributed by atoms with Crippen molar-refractivity contribution >= 4 is 34.3 Å². The van der Waals surface area contributed by atoms with Gasteiger partial charge in [0.25, 0.3) is 11.9 Å². The summed E-state index contributed by atoms with van der Waals surface area (Å²) in [6.45, 7) is 6.58. The molecule has 1 fully saturated rings. The third kappa shape index (κ3) is 3.85. The number of amides is 1. The van der Waals surface area contributed by atoms with Crippen LogP contribution in [-0.2, 0) is 6.42 Å². The maximum Gasteiger partial charge on any atom is 0.300 e. The molecule has 0 spiro atoms. The fourth-order valence-electron chi connectivity index (χ4n) is 3.86. The van der Waals surface area contributed by atoms with Gasteiger partial charge < -0.3 is 18.6 Å². The molecule has 8 heteroatoms. The van der Waals surface area contributed by atoms with E-state index < -0.39 is 0 Å². The molecule has 0 atom stereocenters. The van der Waals surface area contributed by atoms with Crippen molar-refractivity contribution < 1.29 is 13.6 Å². The molecule has 31 heavy (non-hydrogen) atoms. The zero-order valence-corrected chi connectivity index (χ0v) is 17.8. The van der Waals surface area contributed by atoms with Gasteiger partial charge in [-0.1, -0.05) is 13.3 Å². The Hall–Kier alpha value is -3.42. The van der Waals surface area contributed by atoms with Crippen molar-refractivity contribution in [1.82, 2.24) is 19.9 Å². The Morgan fingerprint density at radius 3 is 2.65 bits per heavy atom. The minimum absolute atomic E-state index is 0.00270. The molecule has 8 nitrogen and oxygen atoms in total. The lowest BCUT2D eigenvalue weighted by molar-refractivity contribution is 0.0745. The molecule has 4 heterocycles. The molecule has 0 unspecified atom stereocenters. The topological polar surface area (TPSA) is 88.5 Å². The van der Waals surface area contributed by atoms with Gasteiger partial charge in [0.1, 0.15) is 5.52 Å². The number of rotatable bonds is 5. The standard InChI is InChI=1S/C23H25N5O3/c1-3-4-5-20-25-17-8-7-16(14-19(17)30-20)22(29)27-10-12-28(13-11-27)23-26-21-18(31-23)9-6-15(2)24-21/h6-9,14H,3-5,10-13H2,1-2H3. The lowest BCUT2D eigenvalue weighted by Gasteiger charge is -2.33. The summed E-state index contributed by atoms with van der Waals surface area (Å²) in [4.78, 5) is 30.4. The molecule has 1 saturated heterocycles. The van der Waals surface area contributed by atoms with Crippen molar-refractivity contribution in [1.29, 1.82) is 0 Å². The number of pyridine rings is 1. The normalized spacial score (nSPS) is 14.6. The number of aromatic nitrogens is 3. The van der Waals surface area contributed by atoms with Gasteiger partial charge in [0.2, 0.25) is 5.65 Å². The molecule has 4 aromatic rings. The number of hydrogen-bond donors (Lipinski definition) is 0. The maximum atomic E-state index is 13.0. The molecule has 0 N–H and O–H groups in total. The Balaban J connectivity index is 1.26. The smallest absolute Gasteiger partial charge is 0.300 e. The van der Waals surface area contributed by atoms with Crippen LogP contribution in [0.5, 0.6) is 0 Å². The number of benzene rings is 1. The van der Waals surface area contributed by atoms with Gasteiger partial charge in [-0.2, -0.15) is 4.98 Å². The number of aryl methyl sites for hydroxylation is 2. The van der Waals surface area contributed by atoms with Crippen LogP contribution in [0, 0.1) is 6.92 Å². The average Bonchev–Trinajstić information content (AvgIpc) is 3.40. The van der Waals surface area contributed by atoms with Gasteiger partial charge in [-0.05, 0) is 43.7 Å². The monoisotopic (exact) mass is 419 g/mol. The second kappa shape index (κ2) is 8.02. The molecule has 0 bridgehead atoms. The highest BCUT2D eigenvalue weighted by Crippen LogP contribution is 2.23. The first-order valence-electron chi connectivity index (χ1n) is 10.8. The zero-order chi connectivity index (χ0) is 21.4. The Bertz CT molecular complexity index is 1240. The van der Waals surface area contributed by atoms with Gasteiger partial charge in [0, 0.05) is 43.9 Å². The Kier molecular flexibility index (Phi) is 5.05. The molecule has 0 aliphatic carbocycles. The van der Waals surface area contributed by atoms with Crippen LogP contribution in [-0.4, -0.2) is 51.9 Å². The predicted molar refractivity (Wildman–Crippen MR) is 117 cm³/mol. The molecule has 1 aromatic carbocycles. The van der Waals surface area contributed by atoms with Crippen LogP contribution in [0.3, 0.4) is 0 Å². The van der Waals surface area contributed by atoms with E-state index in [1.165, 1.54) is 0 Å². The molecule has 5 rings (SSSR count). The van der Waals surface area contributed by atoms with Crippen molar-refractivity contribution in [2.75, 3.05) is 31.1 Å². The quantitative estimate of drug-likeness (QED) is 0.483. The number of anilines is 1. The minimum atomic E-state index is 0.00270. The number of piperazine rings is 1. The zero-order valence-electron chi connectivity index (χ0n) is 17.8. The van der Waals surface area contributed by atoms with E-state index in [0.717, 1.165) is 36.4 Å².